The van der Waals surface area contributed by atoms with Crippen LogP contribution in [0.1, 0.15) is 0 Å². The van der Waals surface area contributed by atoms with Gasteiger partial charge in [0.1, 0.15) is 11.2 Å². The van der Waals surface area contributed by atoms with Gasteiger partial charge in [-0.25, -0.2) is 0 Å². The first-order chi connectivity index (χ1) is 24.3. The van der Waals surface area contributed by atoms with Gasteiger partial charge in [0.25, 0.3) is 0 Å². The molecule has 0 atom stereocenters. The van der Waals surface area contributed by atoms with E-state index in [9.17, 15) is 0 Å². The SMILES string of the molecule is c1ccc(-n2c3ccccc3c3ccccc32)c(-c2ccc(Nc3ccc(-c4cccc5c4oc4c6ccccc6ccc54)cc3)cc2)c1. The molecule has 0 fully saturated rings. The number of para-hydroxylation sites is 4. The van der Waals surface area contributed by atoms with E-state index in [0.29, 0.717) is 0 Å². The highest BCUT2D eigenvalue weighted by Gasteiger charge is 2.16. The first-order valence-corrected chi connectivity index (χ1v) is 16.7. The van der Waals surface area contributed by atoms with E-state index in [4.69, 9.17) is 4.42 Å². The fourth-order valence-electron chi connectivity index (χ4n) is 7.48. The van der Waals surface area contributed by atoms with Crippen molar-refractivity contribution >= 4 is 65.9 Å². The Morgan fingerprint density at radius 2 is 0.898 bits per heavy atom. The van der Waals surface area contributed by atoms with E-state index in [1.807, 2.05) is 0 Å². The van der Waals surface area contributed by atoms with Crippen LogP contribution in [0.3, 0.4) is 0 Å². The third-order valence-corrected chi connectivity index (χ3v) is 9.79. The topological polar surface area (TPSA) is 30.1 Å². The standard InChI is InChI=1S/C46H30N2O/c1-2-12-36-30(10-1)24-29-41-40-16-9-15-37(45(40)49-46(36)41)32-22-27-34(28-23-32)47-33-25-20-31(21-26-33)35-11-3-6-17-42(35)48-43-18-7-4-13-38(43)39-14-5-8-19-44(39)48/h1-29,47H. The lowest BCUT2D eigenvalue weighted by molar-refractivity contribution is 0.674. The van der Waals surface area contributed by atoms with Gasteiger partial charge in [-0.2, -0.15) is 0 Å². The van der Waals surface area contributed by atoms with Gasteiger partial charge in [-0.05, 0) is 65.0 Å². The Morgan fingerprint density at radius 1 is 0.367 bits per heavy atom. The van der Waals surface area contributed by atoms with Crippen molar-refractivity contribution in [2.45, 2.75) is 0 Å². The minimum atomic E-state index is 0.923. The number of rotatable bonds is 5. The Balaban J connectivity index is 0.956. The van der Waals surface area contributed by atoms with Crippen molar-refractivity contribution < 1.29 is 4.42 Å². The largest absolute Gasteiger partial charge is 0.455 e. The Labute approximate surface area is 283 Å². The maximum Gasteiger partial charge on any atom is 0.143 e. The van der Waals surface area contributed by atoms with Crippen LogP contribution in [-0.4, -0.2) is 4.57 Å². The second kappa shape index (κ2) is 11.0. The Bertz CT molecular complexity index is 2790. The zero-order valence-electron chi connectivity index (χ0n) is 26.6. The second-order valence-corrected chi connectivity index (χ2v) is 12.6. The van der Waals surface area contributed by atoms with Crippen molar-refractivity contribution in [3.8, 4) is 27.9 Å². The lowest BCUT2D eigenvalue weighted by atomic mass is 10.0. The molecule has 0 aliphatic heterocycles. The van der Waals surface area contributed by atoms with E-state index in [0.717, 1.165) is 49.8 Å². The number of benzene rings is 8. The van der Waals surface area contributed by atoms with Crippen molar-refractivity contribution in [2.75, 3.05) is 5.32 Å². The fraction of sp³-hybridized carbons (Fsp3) is 0. The van der Waals surface area contributed by atoms with Gasteiger partial charge in [0.05, 0.1) is 16.7 Å². The van der Waals surface area contributed by atoms with Gasteiger partial charge in [-0.1, -0.05) is 127 Å². The molecule has 10 rings (SSSR count). The summed E-state index contributed by atoms with van der Waals surface area (Å²) in [6.45, 7) is 0. The molecule has 2 heterocycles. The zero-order valence-corrected chi connectivity index (χ0v) is 26.6. The van der Waals surface area contributed by atoms with Gasteiger partial charge in [0, 0.05) is 49.4 Å². The molecule has 3 heteroatoms. The van der Waals surface area contributed by atoms with Crippen molar-refractivity contribution in [3.63, 3.8) is 0 Å². The molecule has 0 aliphatic rings. The molecule has 0 bridgehead atoms. The number of aromatic nitrogens is 1. The molecule has 0 aliphatic carbocycles. The molecule has 2 aromatic heterocycles. The molecular formula is C46H30N2O. The fourth-order valence-corrected chi connectivity index (χ4v) is 7.48. The summed E-state index contributed by atoms with van der Waals surface area (Å²) in [5, 5.41) is 10.7. The van der Waals surface area contributed by atoms with Crippen LogP contribution in [0.25, 0.3) is 82.5 Å². The van der Waals surface area contributed by atoms with Crippen molar-refractivity contribution in [2.24, 2.45) is 0 Å². The summed E-state index contributed by atoms with van der Waals surface area (Å²) in [5.41, 5.74) is 12.1. The van der Waals surface area contributed by atoms with Crippen LogP contribution in [0.4, 0.5) is 11.4 Å². The molecule has 0 unspecified atom stereocenters. The number of furan rings is 1. The van der Waals surface area contributed by atoms with E-state index in [1.54, 1.807) is 0 Å². The van der Waals surface area contributed by atoms with E-state index in [1.165, 1.54) is 44.0 Å². The summed E-state index contributed by atoms with van der Waals surface area (Å²) in [6.07, 6.45) is 0. The van der Waals surface area contributed by atoms with E-state index >= 15 is 0 Å². The normalized spacial score (nSPS) is 11.7. The summed E-state index contributed by atoms with van der Waals surface area (Å²) in [4.78, 5) is 0. The number of hydrogen-bond acceptors (Lipinski definition) is 2. The molecule has 0 saturated heterocycles. The Hall–Kier alpha value is -6.58. The highest BCUT2D eigenvalue weighted by Crippen LogP contribution is 2.40. The lowest BCUT2D eigenvalue weighted by Gasteiger charge is -2.15. The molecule has 230 valence electrons. The summed E-state index contributed by atoms with van der Waals surface area (Å²) in [6, 6.07) is 62.5. The van der Waals surface area contributed by atoms with Crippen LogP contribution in [0, 0.1) is 0 Å². The summed E-state index contributed by atoms with van der Waals surface area (Å²) in [5.74, 6) is 0. The quantitative estimate of drug-likeness (QED) is 0.206. The Kier molecular flexibility index (Phi) is 6.18. The monoisotopic (exact) mass is 626 g/mol. The molecule has 1 N–H and O–H groups in total. The zero-order chi connectivity index (χ0) is 32.3. The molecule has 0 spiro atoms. The van der Waals surface area contributed by atoms with Gasteiger partial charge in [-0.15, -0.1) is 0 Å². The van der Waals surface area contributed by atoms with E-state index < -0.39 is 0 Å². The van der Waals surface area contributed by atoms with Crippen LogP contribution < -0.4 is 5.32 Å². The maximum atomic E-state index is 6.58. The van der Waals surface area contributed by atoms with Crippen LogP contribution >= 0.6 is 0 Å². The van der Waals surface area contributed by atoms with Crippen molar-refractivity contribution in [3.05, 3.63) is 176 Å². The van der Waals surface area contributed by atoms with Crippen LogP contribution in [0.5, 0.6) is 0 Å². The smallest absolute Gasteiger partial charge is 0.143 e. The number of fused-ring (bicyclic) bond motifs is 8. The van der Waals surface area contributed by atoms with Gasteiger partial charge in [0.2, 0.25) is 0 Å². The first-order valence-electron chi connectivity index (χ1n) is 16.7. The van der Waals surface area contributed by atoms with Gasteiger partial charge < -0.3 is 14.3 Å². The van der Waals surface area contributed by atoms with Gasteiger partial charge in [-0.3, -0.25) is 0 Å². The molecule has 0 saturated carbocycles. The van der Waals surface area contributed by atoms with Crippen LogP contribution in [-0.2, 0) is 0 Å². The van der Waals surface area contributed by atoms with Gasteiger partial charge in [0.15, 0.2) is 0 Å². The maximum absolute atomic E-state index is 6.58. The molecule has 0 radical (unpaired) electrons. The molecular weight excluding hydrogens is 597 g/mol. The number of nitrogens with zero attached hydrogens (tertiary/aromatic N) is 1. The van der Waals surface area contributed by atoms with Crippen LogP contribution in [0.2, 0.25) is 0 Å². The predicted octanol–water partition coefficient (Wildman–Crippen LogP) is 12.9. The van der Waals surface area contributed by atoms with Gasteiger partial charge >= 0.3 is 0 Å². The second-order valence-electron chi connectivity index (χ2n) is 12.6. The number of anilines is 2. The van der Waals surface area contributed by atoms with E-state index in [2.05, 4.69) is 186 Å². The van der Waals surface area contributed by atoms with E-state index in [-0.39, 0.29) is 0 Å². The molecule has 49 heavy (non-hydrogen) atoms. The minimum absolute atomic E-state index is 0.923. The van der Waals surface area contributed by atoms with Crippen molar-refractivity contribution in [1.82, 2.24) is 4.57 Å². The highest BCUT2D eigenvalue weighted by molar-refractivity contribution is 6.17. The average molecular weight is 627 g/mol. The molecule has 8 aromatic carbocycles. The lowest BCUT2D eigenvalue weighted by Crippen LogP contribution is -1.97. The first kappa shape index (κ1) is 27.5. The highest BCUT2D eigenvalue weighted by atomic mass is 16.3. The molecule has 3 nitrogen and oxygen atoms in total. The third kappa shape index (κ3) is 4.44. The summed E-state index contributed by atoms with van der Waals surface area (Å²) in [7, 11) is 0. The summed E-state index contributed by atoms with van der Waals surface area (Å²) < 4.78 is 8.97. The minimum Gasteiger partial charge on any atom is -0.455 e. The predicted molar refractivity (Wildman–Crippen MR) is 206 cm³/mol. The average Bonchev–Trinajstić information content (AvgIpc) is 3.72. The summed E-state index contributed by atoms with van der Waals surface area (Å²) >= 11 is 0. The molecule has 10 aromatic rings. The number of nitrogens with one attached hydrogen (secondary N) is 1. The molecule has 0 amide bonds. The van der Waals surface area contributed by atoms with Crippen LogP contribution in [0.15, 0.2) is 180 Å². The third-order valence-electron chi connectivity index (χ3n) is 9.79. The number of hydrogen-bond donors (Lipinski definition) is 1. The Morgan fingerprint density at radius 3 is 1.61 bits per heavy atom. The van der Waals surface area contributed by atoms with Crippen molar-refractivity contribution in [1.29, 1.82) is 0 Å².